The number of ketones is 1. The van der Waals surface area contributed by atoms with Crippen LogP contribution in [0.2, 0.25) is 0 Å². The second-order valence-corrected chi connectivity index (χ2v) is 13.3. The average Bonchev–Trinajstić information content (AvgIpc) is 3.51. The molecule has 0 saturated carbocycles. The maximum absolute atomic E-state index is 13.6. The molecule has 1 amide bonds. The van der Waals surface area contributed by atoms with Crippen molar-refractivity contribution in [2.45, 2.75) is 56.2 Å². The number of thioether (sulfide) groups is 1. The minimum Gasteiger partial charge on any atom is -0.507 e. The number of anilines is 1. The first-order valence-electron chi connectivity index (χ1n) is 13.1. The number of amides is 1. The largest absolute Gasteiger partial charge is 0.507 e. The van der Waals surface area contributed by atoms with Crippen molar-refractivity contribution in [1.82, 2.24) is 10.2 Å². The highest BCUT2D eigenvalue weighted by Crippen LogP contribution is 2.44. The summed E-state index contributed by atoms with van der Waals surface area (Å²) in [5, 5.41) is 20.3. The van der Waals surface area contributed by atoms with Crippen LogP contribution in [-0.4, -0.2) is 27.0 Å². The summed E-state index contributed by atoms with van der Waals surface area (Å²) in [6.07, 6.45) is 0. The number of aryl methyl sites for hydroxylation is 2. The predicted octanol–water partition coefficient (Wildman–Crippen LogP) is 7.51. The molecule has 41 heavy (non-hydrogen) atoms. The van der Waals surface area contributed by atoms with Crippen molar-refractivity contribution in [2.75, 3.05) is 4.90 Å². The Balaban J connectivity index is 1.57. The van der Waals surface area contributed by atoms with Gasteiger partial charge in [0.15, 0.2) is 4.34 Å². The molecule has 0 spiro atoms. The van der Waals surface area contributed by atoms with Gasteiger partial charge in [-0.05, 0) is 59.7 Å². The van der Waals surface area contributed by atoms with E-state index in [-0.39, 0.29) is 27.7 Å². The van der Waals surface area contributed by atoms with Gasteiger partial charge < -0.3 is 5.11 Å². The van der Waals surface area contributed by atoms with Gasteiger partial charge in [-0.15, -0.1) is 10.2 Å². The van der Waals surface area contributed by atoms with Gasteiger partial charge in [0, 0.05) is 11.3 Å². The van der Waals surface area contributed by atoms with E-state index in [2.05, 4.69) is 31.0 Å². The van der Waals surface area contributed by atoms with Crippen LogP contribution in [0.1, 0.15) is 60.2 Å². The number of carbonyl (C=O) groups excluding carboxylic acids is 2. The van der Waals surface area contributed by atoms with Gasteiger partial charge in [-0.25, -0.2) is 4.39 Å². The molecule has 6 nitrogen and oxygen atoms in total. The van der Waals surface area contributed by atoms with Crippen molar-refractivity contribution >= 4 is 45.7 Å². The monoisotopic (exact) mass is 587 g/mol. The smallest absolute Gasteiger partial charge is 0.301 e. The molecule has 2 heterocycles. The summed E-state index contributed by atoms with van der Waals surface area (Å²) >= 11 is 2.60. The van der Waals surface area contributed by atoms with Gasteiger partial charge in [-0.2, -0.15) is 0 Å². The van der Waals surface area contributed by atoms with Gasteiger partial charge in [0.05, 0.1) is 11.6 Å². The molecule has 4 aromatic rings. The molecule has 1 unspecified atom stereocenters. The summed E-state index contributed by atoms with van der Waals surface area (Å²) < 4.78 is 13.9. The Kier molecular flexibility index (Phi) is 7.85. The van der Waals surface area contributed by atoms with E-state index in [1.54, 1.807) is 12.1 Å². The highest BCUT2D eigenvalue weighted by Gasteiger charge is 2.48. The zero-order valence-corrected chi connectivity index (χ0v) is 25.1. The van der Waals surface area contributed by atoms with Gasteiger partial charge in [0.2, 0.25) is 5.13 Å². The Bertz CT molecular complexity index is 1650. The summed E-state index contributed by atoms with van der Waals surface area (Å²) in [4.78, 5) is 28.5. The second-order valence-electron chi connectivity index (χ2n) is 11.1. The van der Waals surface area contributed by atoms with Gasteiger partial charge in [-0.3, -0.25) is 14.5 Å². The third-order valence-electron chi connectivity index (χ3n) is 7.06. The highest BCUT2D eigenvalue weighted by molar-refractivity contribution is 8.00. The number of aromatic nitrogens is 2. The maximum Gasteiger partial charge on any atom is 0.301 e. The minimum atomic E-state index is -0.883. The molecule has 9 heteroatoms. The molecule has 1 fully saturated rings. The molecule has 1 aliphatic heterocycles. The van der Waals surface area contributed by atoms with Crippen molar-refractivity contribution < 1.29 is 19.1 Å². The molecule has 5 rings (SSSR count). The lowest BCUT2D eigenvalue weighted by atomic mass is 9.85. The summed E-state index contributed by atoms with van der Waals surface area (Å²) in [5.74, 6) is -1.52. The number of hydrogen-bond donors (Lipinski definition) is 1. The van der Waals surface area contributed by atoms with Crippen LogP contribution in [0.15, 0.2) is 76.6 Å². The Morgan fingerprint density at radius 3 is 2.34 bits per heavy atom. The molecule has 1 N–H and O–H groups in total. The van der Waals surface area contributed by atoms with Crippen molar-refractivity contribution in [3.05, 3.63) is 112 Å². The van der Waals surface area contributed by atoms with Crippen LogP contribution in [0.5, 0.6) is 0 Å². The summed E-state index contributed by atoms with van der Waals surface area (Å²) in [6.45, 7) is 10.1. The van der Waals surface area contributed by atoms with Crippen LogP contribution in [0.3, 0.4) is 0 Å². The van der Waals surface area contributed by atoms with Gasteiger partial charge in [-0.1, -0.05) is 98.0 Å². The molecule has 1 atom stereocenters. The Morgan fingerprint density at radius 1 is 1.00 bits per heavy atom. The zero-order valence-electron chi connectivity index (χ0n) is 23.4. The van der Waals surface area contributed by atoms with E-state index in [1.807, 2.05) is 56.3 Å². The van der Waals surface area contributed by atoms with Crippen molar-refractivity contribution in [3.63, 3.8) is 0 Å². The number of Topliss-reactive ketones (excluding diaryl/α,β-unsaturated/α-hetero) is 1. The zero-order chi connectivity index (χ0) is 29.5. The number of halogens is 1. The average molecular weight is 588 g/mol. The molecular weight excluding hydrogens is 558 g/mol. The summed E-state index contributed by atoms with van der Waals surface area (Å²) in [5.41, 5.74) is 4.84. The van der Waals surface area contributed by atoms with Crippen molar-refractivity contribution in [1.29, 1.82) is 0 Å². The molecule has 1 aromatic heterocycles. The first-order valence-corrected chi connectivity index (χ1v) is 14.9. The number of nitrogens with zero attached hydrogens (tertiary/aromatic N) is 3. The molecule has 0 bridgehead atoms. The molecule has 1 saturated heterocycles. The van der Waals surface area contributed by atoms with E-state index in [9.17, 15) is 19.1 Å². The van der Waals surface area contributed by atoms with E-state index in [1.165, 1.54) is 40.1 Å². The molecule has 0 radical (unpaired) electrons. The van der Waals surface area contributed by atoms with Crippen LogP contribution in [0, 0.1) is 19.7 Å². The molecular formula is C32H30FN3O3S2. The number of benzene rings is 3. The lowest BCUT2D eigenvalue weighted by molar-refractivity contribution is -0.132. The fourth-order valence-corrected chi connectivity index (χ4v) is 6.55. The number of rotatable bonds is 6. The van der Waals surface area contributed by atoms with Crippen LogP contribution < -0.4 is 4.90 Å². The predicted molar refractivity (Wildman–Crippen MR) is 162 cm³/mol. The lowest BCUT2D eigenvalue weighted by Crippen LogP contribution is -2.29. The molecule has 3 aromatic carbocycles. The maximum atomic E-state index is 13.6. The quantitative estimate of drug-likeness (QED) is 0.0827. The van der Waals surface area contributed by atoms with E-state index >= 15 is 0 Å². The van der Waals surface area contributed by atoms with E-state index < -0.39 is 17.7 Å². The van der Waals surface area contributed by atoms with E-state index in [4.69, 9.17) is 0 Å². The normalized spacial score (nSPS) is 16.9. The summed E-state index contributed by atoms with van der Waals surface area (Å²) in [7, 11) is 0. The van der Waals surface area contributed by atoms with Gasteiger partial charge >= 0.3 is 5.91 Å². The number of carbonyl (C=O) groups is 2. The lowest BCUT2D eigenvalue weighted by Gasteiger charge is -2.24. The first-order chi connectivity index (χ1) is 19.4. The van der Waals surface area contributed by atoms with Gasteiger partial charge in [0.1, 0.15) is 11.6 Å². The van der Waals surface area contributed by atoms with Crippen molar-refractivity contribution in [2.24, 2.45) is 0 Å². The third kappa shape index (κ3) is 5.83. The van der Waals surface area contributed by atoms with Crippen molar-refractivity contribution in [3.8, 4) is 0 Å². The fourth-order valence-electron chi connectivity index (χ4n) is 4.73. The molecule has 0 aliphatic carbocycles. The Hall–Kier alpha value is -3.82. The van der Waals surface area contributed by atoms with E-state index in [0.717, 1.165) is 22.3 Å². The third-order valence-corrected chi connectivity index (χ3v) is 9.19. The topological polar surface area (TPSA) is 83.4 Å². The van der Waals surface area contributed by atoms with Crippen LogP contribution in [0.25, 0.3) is 5.76 Å². The number of hydrogen-bond acceptors (Lipinski definition) is 7. The SMILES string of the molecule is Cc1ccc(C)c(/C(O)=C2\C(=O)C(=O)N(c3nnc(SCc4ccc(F)cc4)s3)C2c2ccc(C(C)(C)C)cc2)c1. The number of aliphatic hydroxyl groups excluding tert-OH is 1. The second kappa shape index (κ2) is 11.2. The summed E-state index contributed by atoms with van der Waals surface area (Å²) in [6, 6.07) is 18.7. The minimum absolute atomic E-state index is 0.0166. The molecule has 1 aliphatic rings. The van der Waals surface area contributed by atoms with Crippen LogP contribution in [-0.2, 0) is 20.8 Å². The van der Waals surface area contributed by atoms with Crippen LogP contribution in [0.4, 0.5) is 9.52 Å². The Labute approximate surface area is 247 Å². The van der Waals surface area contributed by atoms with E-state index in [0.29, 0.717) is 21.2 Å². The standard InChI is InChI=1S/C32H30FN3O3S2/c1-18-6-7-19(2)24(16-18)27(37)25-26(21-10-12-22(13-11-21)32(3,4)5)36(29(39)28(25)38)30-34-35-31(41-30)40-17-20-8-14-23(33)15-9-20/h6-16,26,37H,17H2,1-5H3/b27-25+. The number of aliphatic hydroxyl groups is 1. The highest BCUT2D eigenvalue weighted by atomic mass is 32.2. The van der Waals surface area contributed by atoms with Crippen LogP contribution >= 0.6 is 23.1 Å². The first kappa shape index (κ1) is 28.7. The fraction of sp³-hybridized carbons (Fsp3) is 0.250. The Morgan fingerprint density at radius 2 is 1.68 bits per heavy atom. The van der Waals surface area contributed by atoms with Gasteiger partial charge in [0.25, 0.3) is 5.78 Å². The molecule has 210 valence electrons.